The number of nitrogens with one attached hydrogen (secondary N) is 2. The molecule has 1 saturated heterocycles. The van der Waals surface area contributed by atoms with Crippen LogP contribution < -0.4 is 10.2 Å². The molecule has 10 heteroatoms. The predicted octanol–water partition coefficient (Wildman–Crippen LogP) is 1.60. The van der Waals surface area contributed by atoms with Crippen molar-refractivity contribution >= 4 is 32.8 Å². The van der Waals surface area contributed by atoms with Crippen LogP contribution in [0.25, 0.3) is 11.0 Å². The SMILES string of the molecule is CC1CCN(S(=O)(=O)CCNC(=O)C(C)(C)C)CC1N(C)c1ncnc2[nH]ccc12. The molecular weight excluding hydrogens is 404 g/mol. The second-order valence-corrected chi connectivity index (χ2v) is 11.1. The number of carbonyl (C=O) groups is 1. The Labute approximate surface area is 178 Å². The molecule has 2 aromatic rings. The summed E-state index contributed by atoms with van der Waals surface area (Å²) in [6.45, 7) is 8.55. The van der Waals surface area contributed by atoms with Crippen LogP contribution in [0.2, 0.25) is 0 Å². The Balaban J connectivity index is 1.70. The van der Waals surface area contributed by atoms with Crippen LogP contribution in [0, 0.1) is 11.3 Å². The number of anilines is 1. The van der Waals surface area contributed by atoms with Gasteiger partial charge in [0.1, 0.15) is 17.8 Å². The monoisotopic (exact) mass is 436 g/mol. The van der Waals surface area contributed by atoms with Crippen LogP contribution in [0.15, 0.2) is 18.6 Å². The molecule has 0 saturated carbocycles. The number of nitrogens with zero attached hydrogens (tertiary/aromatic N) is 4. The molecule has 3 heterocycles. The second-order valence-electron chi connectivity index (χ2n) is 9.06. The largest absolute Gasteiger partial charge is 0.355 e. The fraction of sp³-hybridized carbons (Fsp3) is 0.650. The first kappa shape index (κ1) is 22.5. The highest BCUT2D eigenvalue weighted by Crippen LogP contribution is 2.29. The standard InChI is InChI=1S/C20H32N6O3S/c1-14-7-10-26(30(28,29)11-9-22-19(27)20(2,3)4)12-16(14)25(5)18-15-6-8-21-17(15)23-13-24-18/h6,8,13-14,16H,7,9-12H2,1-5H3,(H,22,27)(H,21,23,24). The zero-order valence-electron chi connectivity index (χ0n) is 18.3. The first-order valence-corrected chi connectivity index (χ1v) is 11.9. The van der Waals surface area contributed by atoms with E-state index >= 15 is 0 Å². The van der Waals surface area contributed by atoms with Crippen molar-refractivity contribution in [2.45, 2.75) is 40.2 Å². The molecule has 2 atom stereocenters. The number of amides is 1. The molecule has 9 nitrogen and oxygen atoms in total. The van der Waals surface area contributed by atoms with E-state index in [4.69, 9.17) is 0 Å². The number of H-pyrrole nitrogens is 1. The number of hydrogen-bond donors (Lipinski definition) is 2. The molecule has 1 aliphatic heterocycles. The van der Waals surface area contributed by atoms with Crippen molar-refractivity contribution in [1.29, 1.82) is 0 Å². The van der Waals surface area contributed by atoms with Gasteiger partial charge in [0.15, 0.2) is 0 Å². The van der Waals surface area contributed by atoms with Gasteiger partial charge in [-0.1, -0.05) is 27.7 Å². The topological polar surface area (TPSA) is 111 Å². The number of likely N-dealkylation sites (N-methyl/N-ethyl adjacent to an activating group) is 1. The summed E-state index contributed by atoms with van der Waals surface area (Å²) >= 11 is 0. The smallest absolute Gasteiger partial charge is 0.225 e. The minimum Gasteiger partial charge on any atom is -0.355 e. The summed E-state index contributed by atoms with van der Waals surface area (Å²) in [5.41, 5.74) is 0.216. The Bertz CT molecular complexity index is 997. The van der Waals surface area contributed by atoms with E-state index in [1.165, 1.54) is 6.33 Å². The Morgan fingerprint density at radius 3 is 2.80 bits per heavy atom. The van der Waals surface area contributed by atoms with E-state index in [0.717, 1.165) is 23.3 Å². The normalized spacial score (nSPS) is 21.0. The zero-order valence-corrected chi connectivity index (χ0v) is 19.2. The fourth-order valence-electron chi connectivity index (χ4n) is 3.76. The molecule has 0 spiro atoms. The Hall–Kier alpha value is -2.20. The second kappa shape index (κ2) is 8.50. The van der Waals surface area contributed by atoms with Crippen LogP contribution in [0.4, 0.5) is 5.82 Å². The summed E-state index contributed by atoms with van der Waals surface area (Å²) in [4.78, 5) is 25.8. The van der Waals surface area contributed by atoms with Crippen LogP contribution in [0.1, 0.15) is 34.1 Å². The van der Waals surface area contributed by atoms with E-state index < -0.39 is 15.4 Å². The number of sulfonamides is 1. The molecule has 1 amide bonds. The van der Waals surface area contributed by atoms with Crippen molar-refractivity contribution in [3.05, 3.63) is 18.6 Å². The molecule has 1 aliphatic rings. The van der Waals surface area contributed by atoms with Gasteiger partial charge in [-0.05, 0) is 18.4 Å². The molecule has 30 heavy (non-hydrogen) atoms. The van der Waals surface area contributed by atoms with E-state index in [0.29, 0.717) is 19.0 Å². The van der Waals surface area contributed by atoms with Gasteiger partial charge in [-0.3, -0.25) is 4.79 Å². The molecule has 0 aliphatic carbocycles. The van der Waals surface area contributed by atoms with Crippen molar-refractivity contribution in [3.8, 4) is 0 Å². The van der Waals surface area contributed by atoms with Gasteiger partial charge >= 0.3 is 0 Å². The Morgan fingerprint density at radius 2 is 2.10 bits per heavy atom. The molecule has 3 rings (SSSR count). The van der Waals surface area contributed by atoms with Gasteiger partial charge in [0.05, 0.1) is 11.1 Å². The van der Waals surface area contributed by atoms with E-state index in [1.807, 2.05) is 19.3 Å². The van der Waals surface area contributed by atoms with Gasteiger partial charge in [-0.15, -0.1) is 0 Å². The maximum Gasteiger partial charge on any atom is 0.225 e. The number of hydrogen-bond acceptors (Lipinski definition) is 6. The number of fused-ring (bicyclic) bond motifs is 1. The lowest BCUT2D eigenvalue weighted by atomic mass is 9.93. The van der Waals surface area contributed by atoms with E-state index in [2.05, 4.69) is 32.1 Å². The minimum absolute atomic E-state index is 0.00862. The van der Waals surface area contributed by atoms with Crippen LogP contribution in [0.3, 0.4) is 0 Å². The molecular formula is C20H32N6O3S. The van der Waals surface area contributed by atoms with E-state index in [1.54, 1.807) is 25.1 Å². The molecule has 0 radical (unpaired) electrons. The third-order valence-corrected chi connectivity index (χ3v) is 7.60. The molecule has 166 valence electrons. The fourth-order valence-corrected chi connectivity index (χ4v) is 5.14. The van der Waals surface area contributed by atoms with Gasteiger partial charge in [0.2, 0.25) is 15.9 Å². The van der Waals surface area contributed by atoms with Gasteiger partial charge in [0.25, 0.3) is 0 Å². The third-order valence-electron chi connectivity index (χ3n) is 5.77. The van der Waals surface area contributed by atoms with Crippen molar-refractivity contribution < 1.29 is 13.2 Å². The number of rotatable bonds is 6. The van der Waals surface area contributed by atoms with Crippen LogP contribution in [-0.4, -0.2) is 72.1 Å². The quantitative estimate of drug-likeness (QED) is 0.711. The molecule has 0 bridgehead atoms. The zero-order chi connectivity index (χ0) is 22.1. The lowest BCUT2D eigenvalue weighted by Gasteiger charge is -2.41. The van der Waals surface area contributed by atoms with E-state index in [-0.39, 0.29) is 24.2 Å². The first-order valence-electron chi connectivity index (χ1n) is 10.3. The molecule has 2 aromatic heterocycles. The summed E-state index contributed by atoms with van der Waals surface area (Å²) in [5, 5.41) is 3.64. The Morgan fingerprint density at radius 1 is 1.37 bits per heavy atom. The average molecular weight is 437 g/mol. The molecule has 0 aromatic carbocycles. The lowest BCUT2D eigenvalue weighted by molar-refractivity contribution is -0.128. The summed E-state index contributed by atoms with van der Waals surface area (Å²) in [5.74, 6) is 0.845. The maximum absolute atomic E-state index is 12.9. The van der Waals surface area contributed by atoms with Crippen LogP contribution in [-0.2, 0) is 14.8 Å². The summed E-state index contributed by atoms with van der Waals surface area (Å²) in [6, 6.07) is 1.92. The van der Waals surface area contributed by atoms with Gasteiger partial charge in [-0.2, -0.15) is 4.31 Å². The van der Waals surface area contributed by atoms with Crippen LogP contribution >= 0.6 is 0 Å². The van der Waals surface area contributed by atoms with Crippen LogP contribution in [0.5, 0.6) is 0 Å². The van der Waals surface area contributed by atoms with Gasteiger partial charge in [0, 0.05) is 44.3 Å². The van der Waals surface area contributed by atoms with E-state index in [9.17, 15) is 13.2 Å². The predicted molar refractivity (Wildman–Crippen MR) is 118 cm³/mol. The Kier molecular flexibility index (Phi) is 6.37. The molecule has 2 N–H and O–H groups in total. The summed E-state index contributed by atoms with van der Waals surface area (Å²) < 4.78 is 27.4. The lowest BCUT2D eigenvalue weighted by Crippen LogP contribution is -2.53. The molecule has 2 unspecified atom stereocenters. The van der Waals surface area contributed by atoms with Crippen molar-refractivity contribution in [2.75, 3.05) is 37.3 Å². The summed E-state index contributed by atoms with van der Waals surface area (Å²) in [6.07, 6.45) is 4.11. The highest BCUT2D eigenvalue weighted by Gasteiger charge is 2.35. The highest BCUT2D eigenvalue weighted by atomic mass is 32.2. The van der Waals surface area contributed by atoms with Crippen molar-refractivity contribution in [1.82, 2.24) is 24.6 Å². The van der Waals surface area contributed by atoms with Gasteiger partial charge in [-0.25, -0.2) is 18.4 Å². The number of carbonyl (C=O) groups excluding carboxylic acids is 1. The number of aromatic nitrogens is 3. The van der Waals surface area contributed by atoms with Crippen molar-refractivity contribution in [3.63, 3.8) is 0 Å². The molecule has 1 fully saturated rings. The van der Waals surface area contributed by atoms with Gasteiger partial charge < -0.3 is 15.2 Å². The minimum atomic E-state index is -3.48. The average Bonchev–Trinajstić information content (AvgIpc) is 3.15. The first-order chi connectivity index (χ1) is 14.0. The maximum atomic E-state index is 12.9. The highest BCUT2D eigenvalue weighted by molar-refractivity contribution is 7.89. The third kappa shape index (κ3) is 4.75. The number of aromatic amines is 1. The number of piperidine rings is 1. The summed E-state index contributed by atoms with van der Waals surface area (Å²) in [7, 11) is -1.52. The van der Waals surface area contributed by atoms with Crippen molar-refractivity contribution in [2.24, 2.45) is 11.3 Å².